The molecule has 0 radical (unpaired) electrons. The van der Waals surface area contributed by atoms with Crippen LogP contribution in [0.4, 0.5) is 0 Å². The van der Waals surface area contributed by atoms with E-state index in [1.54, 1.807) is 0 Å². The Morgan fingerprint density at radius 3 is 2.80 bits per heavy atom. The Bertz CT molecular complexity index is 437. The number of benzene rings is 1. The number of ether oxygens (including phenoxy) is 2. The van der Waals surface area contributed by atoms with Crippen molar-refractivity contribution in [3.8, 4) is 17.6 Å². The van der Waals surface area contributed by atoms with Crippen molar-refractivity contribution in [1.29, 1.82) is 0 Å². The molecule has 0 atom stereocenters. The van der Waals surface area contributed by atoms with Gasteiger partial charge in [0.1, 0.15) is 19.0 Å². The third kappa shape index (κ3) is 7.15. The predicted molar refractivity (Wildman–Crippen MR) is 79.9 cm³/mol. The number of hydrogen-bond donors (Lipinski definition) is 1. The Labute approximate surface area is 121 Å². The average Bonchev–Trinajstić information content (AvgIpc) is 2.46. The lowest BCUT2D eigenvalue weighted by atomic mass is 10.2. The topological polar surface area (TPSA) is 41.9 Å². The normalized spacial score (nSPS) is 10.2. The first kappa shape index (κ1) is 16.5. The number of aliphatic hydroxyl groups is 1. The van der Waals surface area contributed by atoms with Crippen LogP contribution >= 0.6 is 0 Å². The quantitative estimate of drug-likeness (QED) is 0.576. The Kier molecular flexibility index (Phi) is 8.48. The van der Waals surface area contributed by atoms with E-state index in [0.717, 1.165) is 37.6 Å². The summed E-state index contributed by atoms with van der Waals surface area (Å²) < 4.78 is 11.0. The van der Waals surface area contributed by atoms with Crippen molar-refractivity contribution in [3.63, 3.8) is 0 Å². The van der Waals surface area contributed by atoms with E-state index in [1.165, 1.54) is 0 Å². The number of rotatable bonds is 8. The Morgan fingerprint density at radius 2 is 2.05 bits per heavy atom. The third-order valence-corrected chi connectivity index (χ3v) is 2.71. The third-order valence-electron chi connectivity index (χ3n) is 2.71. The maximum absolute atomic E-state index is 8.67. The monoisotopic (exact) mass is 277 g/mol. The van der Waals surface area contributed by atoms with E-state index in [9.17, 15) is 0 Å². The molecule has 1 aromatic rings. The SMILES string of the molecule is CCOCCN(C)CCOc1cccc(C#CCO)c1. The summed E-state index contributed by atoms with van der Waals surface area (Å²) in [5.74, 6) is 6.28. The first-order valence-electron chi connectivity index (χ1n) is 6.85. The molecular weight excluding hydrogens is 254 g/mol. The Morgan fingerprint density at radius 1 is 1.25 bits per heavy atom. The molecule has 0 aromatic heterocycles. The van der Waals surface area contributed by atoms with Crippen molar-refractivity contribution in [2.45, 2.75) is 6.92 Å². The van der Waals surface area contributed by atoms with Crippen LogP contribution in [-0.2, 0) is 4.74 Å². The molecule has 1 aromatic carbocycles. The Balaban J connectivity index is 2.31. The molecule has 1 N–H and O–H groups in total. The summed E-state index contributed by atoms with van der Waals surface area (Å²) in [4.78, 5) is 2.17. The molecule has 0 saturated carbocycles. The van der Waals surface area contributed by atoms with E-state index in [-0.39, 0.29) is 6.61 Å². The van der Waals surface area contributed by atoms with E-state index in [4.69, 9.17) is 14.6 Å². The lowest BCUT2D eigenvalue weighted by molar-refractivity contribution is 0.116. The minimum absolute atomic E-state index is 0.129. The maximum atomic E-state index is 8.67. The highest BCUT2D eigenvalue weighted by Gasteiger charge is 1.99. The van der Waals surface area contributed by atoms with Gasteiger partial charge in [0.15, 0.2) is 0 Å². The van der Waals surface area contributed by atoms with Crippen LogP contribution in [0.5, 0.6) is 5.75 Å². The highest BCUT2D eigenvalue weighted by molar-refractivity contribution is 5.39. The van der Waals surface area contributed by atoms with Gasteiger partial charge in [0, 0.05) is 25.3 Å². The summed E-state index contributed by atoms with van der Waals surface area (Å²) in [7, 11) is 2.05. The van der Waals surface area contributed by atoms with Crippen LogP contribution < -0.4 is 4.74 Å². The van der Waals surface area contributed by atoms with Crippen molar-refractivity contribution < 1.29 is 14.6 Å². The molecule has 0 aliphatic carbocycles. The van der Waals surface area contributed by atoms with Gasteiger partial charge in [-0.3, -0.25) is 0 Å². The zero-order chi connectivity index (χ0) is 14.6. The smallest absolute Gasteiger partial charge is 0.120 e. The molecule has 4 heteroatoms. The zero-order valence-electron chi connectivity index (χ0n) is 12.3. The van der Waals surface area contributed by atoms with Crippen LogP contribution in [0.15, 0.2) is 24.3 Å². The van der Waals surface area contributed by atoms with Crippen molar-refractivity contribution in [3.05, 3.63) is 29.8 Å². The van der Waals surface area contributed by atoms with Crippen molar-refractivity contribution >= 4 is 0 Å². The van der Waals surface area contributed by atoms with Gasteiger partial charge in [-0.05, 0) is 32.2 Å². The summed E-state index contributed by atoms with van der Waals surface area (Å²) in [6, 6.07) is 7.58. The Hall–Kier alpha value is -1.54. The number of likely N-dealkylation sites (N-methyl/N-ethyl adjacent to an activating group) is 1. The number of aliphatic hydroxyl groups excluding tert-OH is 1. The zero-order valence-corrected chi connectivity index (χ0v) is 12.3. The molecule has 20 heavy (non-hydrogen) atoms. The number of hydrogen-bond acceptors (Lipinski definition) is 4. The summed E-state index contributed by atoms with van der Waals surface area (Å²) >= 11 is 0. The van der Waals surface area contributed by atoms with Crippen LogP contribution in [0, 0.1) is 11.8 Å². The molecule has 0 amide bonds. The average molecular weight is 277 g/mol. The molecule has 1 rings (SSSR count). The van der Waals surface area contributed by atoms with Gasteiger partial charge in [-0.1, -0.05) is 17.9 Å². The van der Waals surface area contributed by atoms with Crippen molar-refractivity contribution in [2.75, 3.05) is 46.6 Å². The summed E-state index contributed by atoms with van der Waals surface area (Å²) in [6.45, 7) is 5.75. The minimum atomic E-state index is -0.129. The second-order valence-corrected chi connectivity index (χ2v) is 4.34. The van der Waals surface area contributed by atoms with Gasteiger partial charge < -0.3 is 19.5 Å². The molecule has 0 fully saturated rings. The fraction of sp³-hybridized carbons (Fsp3) is 0.500. The van der Waals surface area contributed by atoms with Crippen LogP contribution in [0.3, 0.4) is 0 Å². The van der Waals surface area contributed by atoms with E-state index in [0.29, 0.717) is 6.61 Å². The molecule has 0 spiro atoms. The largest absolute Gasteiger partial charge is 0.492 e. The fourth-order valence-corrected chi connectivity index (χ4v) is 1.60. The van der Waals surface area contributed by atoms with Crippen LogP contribution in [-0.4, -0.2) is 56.6 Å². The van der Waals surface area contributed by atoms with E-state index in [1.807, 2.05) is 38.2 Å². The van der Waals surface area contributed by atoms with Gasteiger partial charge in [0.05, 0.1) is 6.61 Å². The molecule has 0 aliphatic rings. The molecule has 4 nitrogen and oxygen atoms in total. The molecule has 0 unspecified atom stereocenters. The standard InChI is InChI=1S/C16H23NO3/c1-3-19-12-9-17(2)10-13-20-16-8-4-6-15(14-16)7-5-11-18/h4,6,8,14,18H,3,9-13H2,1-2H3. The van der Waals surface area contributed by atoms with Crippen molar-refractivity contribution in [1.82, 2.24) is 4.90 Å². The molecule has 0 aliphatic heterocycles. The van der Waals surface area contributed by atoms with Crippen LogP contribution in [0.1, 0.15) is 12.5 Å². The molecule has 0 saturated heterocycles. The maximum Gasteiger partial charge on any atom is 0.120 e. The lowest BCUT2D eigenvalue weighted by Crippen LogP contribution is -2.27. The summed E-state index contributed by atoms with van der Waals surface area (Å²) in [5, 5.41) is 8.67. The first-order chi connectivity index (χ1) is 9.76. The minimum Gasteiger partial charge on any atom is -0.492 e. The second kappa shape index (κ2) is 10.3. The highest BCUT2D eigenvalue weighted by atomic mass is 16.5. The van der Waals surface area contributed by atoms with Crippen molar-refractivity contribution in [2.24, 2.45) is 0 Å². The van der Waals surface area contributed by atoms with Gasteiger partial charge >= 0.3 is 0 Å². The second-order valence-electron chi connectivity index (χ2n) is 4.34. The van der Waals surface area contributed by atoms with E-state index < -0.39 is 0 Å². The van der Waals surface area contributed by atoms with Crippen LogP contribution in [0.25, 0.3) is 0 Å². The number of nitrogens with zero attached hydrogens (tertiary/aromatic N) is 1. The van der Waals surface area contributed by atoms with Crippen LogP contribution in [0.2, 0.25) is 0 Å². The predicted octanol–water partition coefficient (Wildman–Crippen LogP) is 1.38. The summed E-state index contributed by atoms with van der Waals surface area (Å²) in [6.07, 6.45) is 0. The molecule has 0 bridgehead atoms. The summed E-state index contributed by atoms with van der Waals surface area (Å²) in [5.41, 5.74) is 0.848. The van der Waals surface area contributed by atoms with Gasteiger partial charge in [-0.15, -0.1) is 0 Å². The molecule has 0 heterocycles. The van der Waals surface area contributed by atoms with Gasteiger partial charge in [-0.25, -0.2) is 0 Å². The first-order valence-corrected chi connectivity index (χ1v) is 6.85. The van der Waals surface area contributed by atoms with E-state index >= 15 is 0 Å². The fourth-order valence-electron chi connectivity index (χ4n) is 1.60. The van der Waals surface area contributed by atoms with Gasteiger partial charge in [0.2, 0.25) is 0 Å². The van der Waals surface area contributed by atoms with Gasteiger partial charge in [0.25, 0.3) is 0 Å². The van der Waals surface area contributed by atoms with E-state index in [2.05, 4.69) is 16.7 Å². The molecular formula is C16H23NO3. The lowest BCUT2D eigenvalue weighted by Gasteiger charge is -2.16. The van der Waals surface area contributed by atoms with Gasteiger partial charge in [-0.2, -0.15) is 0 Å². The highest BCUT2D eigenvalue weighted by Crippen LogP contribution is 2.12. The molecule has 110 valence electrons.